The minimum Gasteiger partial charge on any atom is -0.477 e. The van der Waals surface area contributed by atoms with Crippen LogP contribution in [0.3, 0.4) is 0 Å². The molecule has 29 heavy (non-hydrogen) atoms. The van der Waals surface area contributed by atoms with Crippen molar-refractivity contribution in [2.45, 2.75) is 39.5 Å². The summed E-state index contributed by atoms with van der Waals surface area (Å²) in [6, 6.07) is 2.60. The summed E-state index contributed by atoms with van der Waals surface area (Å²) >= 11 is 0. The van der Waals surface area contributed by atoms with Crippen molar-refractivity contribution in [1.29, 1.82) is 0 Å². The van der Waals surface area contributed by atoms with Crippen LogP contribution in [0.15, 0.2) is 21.7 Å². The molecule has 0 radical (unpaired) electrons. The maximum atomic E-state index is 13.0. The van der Waals surface area contributed by atoms with Gasteiger partial charge in [0.1, 0.15) is 11.4 Å². The van der Waals surface area contributed by atoms with Gasteiger partial charge < -0.3 is 19.8 Å². The number of rotatable bonds is 4. The Morgan fingerprint density at radius 3 is 2.28 bits per heavy atom. The SMILES string of the molecule is CCC(C)(C)c1cc2c(=O)c(C)c(C(=O)O)n(C)c2c2c(=O)cc(C(=O)O)[nH]c12. The summed E-state index contributed by atoms with van der Waals surface area (Å²) in [6.07, 6.45) is 0.666. The van der Waals surface area contributed by atoms with Crippen LogP contribution in [0, 0.1) is 6.92 Å². The molecule has 0 amide bonds. The number of hydrogen-bond donors (Lipinski definition) is 3. The molecule has 0 fully saturated rings. The fourth-order valence-corrected chi connectivity index (χ4v) is 3.75. The van der Waals surface area contributed by atoms with Gasteiger partial charge in [-0.25, -0.2) is 9.59 Å². The van der Waals surface area contributed by atoms with Gasteiger partial charge in [0.05, 0.1) is 16.4 Å². The van der Waals surface area contributed by atoms with E-state index in [0.29, 0.717) is 17.5 Å². The summed E-state index contributed by atoms with van der Waals surface area (Å²) in [5, 5.41) is 19.3. The molecule has 8 heteroatoms. The van der Waals surface area contributed by atoms with Crippen LogP contribution < -0.4 is 10.9 Å². The van der Waals surface area contributed by atoms with Crippen LogP contribution in [-0.2, 0) is 12.5 Å². The van der Waals surface area contributed by atoms with Crippen molar-refractivity contribution in [3.05, 3.63) is 55.1 Å². The topological polar surface area (TPSA) is 129 Å². The number of carboxylic acids is 2. The Morgan fingerprint density at radius 2 is 1.76 bits per heavy atom. The maximum absolute atomic E-state index is 13.0. The maximum Gasteiger partial charge on any atom is 0.352 e. The van der Waals surface area contributed by atoms with Gasteiger partial charge in [-0.3, -0.25) is 9.59 Å². The van der Waals surface area contributed by atoms with Crippen LogP contribution in [0.25, 0.3) is 21.8 Å². The first-order valence-electron chi connectivity index (χ1n) is 9.12. The smallest absolute Gasteiger partial charge is 0.352 e. The molecule has 3 rings (SSSR count). The van der Waals surface area contributed by atoms with Crippen molar-refractivity contribution in [1.82, 2.24) is 9.55 Å². The summed E-state index contributed by atoms with van der Waals surface area (Å²) in [7, 11) is 1.48. The number of H-pyrrole nitrogens is 1. The molecular formula is C21H22N2O6. The van der Waals surface area contributed by atoms with E-state index in [1.807, 2.05) is 20.8 Å². The van der Waals surface area contributed by atoms with E-state index in [2.05, 4.69) is 4.98 Å². The van der Waals surface area contributed by atoms with Gasteiger partial charge in [0, 0.05) is 24.1 Å². The van der Waals surface area contributed by atoms with Gasteiger partial charge >= 0.3 is 11.9 Å². The van der Waals surface area contributed by atoms with E-state index >= 15 is 0 Å². The molecule has 152 valence electrons. The zero-order valence-electron chi connectivity index (χ0n) is 16.8. The van der Waals surface area contributed by atoms with Crippen LogP contribution in [-0.4, -0.2) is 31.7 Å². The predicted octanol–water partition coefficient (Wildman–Crippen LogP) is 2.77. The zero-order chi connectivity index (χ0) is 21.8. The van der Waals surface area contributed by atoms with Gasteiger partial charge in [-0.1, -0.05) is 20.8 Å². The van der Waals surface area contributed by atoms with Crippen molar-refractivity contribution < 1.29 is 19.8 Å². The number of aromatic amines is 1. The Labute approximate surface area is 165 Å². The van der Waals surface area contributed by atoms with Crippen molar-refractivity contribution in [3.8, 4) is 0 Å². The number of nitrogens with zero attached hydrogens (tertiary/aromatic N) is 1. The Hall–Kier alpha value is -3.42. The molecule has 0 bridgehead atoms. The largest absolute Gasteiger partial charge is 0.477 e. The first-order chi connectivity index (χ1) is 13.4. The lowest BCUT2D eigenvalue weighted by molar-refractivity contribution is 0.0677. The normalized spacial score (nSPS) is 11.9. The average molecular weight is 398 g/mol. The Morgan fingerprint density at radius 1 is 1.14 bits per heavy atom. The second-order valence-corrected chi connectivity index (χ2v) is 7.83. The molecule has 0 atom stereocenters. The third-order valence-electron chi connectivity index (χ3n) is 5.74. The first kappa shape index (κ1) is 20.3. The number of carbonyl (C=O) groups is 2. The van der Waals surface area contributed by atoms with Crippen molar-refractivity contribution >= 4 is 33.7 Å². The third kappa shape index (κ3) is 2.91. The van der Waals surface area contributed by atoms with E-state index in [-0.39, 0.29) is 33.2 Å². The molecule has 0 saturated heterocycles. The molecule has 0 aliphatic rings. The monoisotopic (exact) mass is 398 g/mol. The molecule has 3 N–H and O–H groups in total. The molecule has 3 aromatic rings. The lowest BCUT2D eigenvalue weighted by Crippen LogP contribution is -2.25. The fraction of sp³-hybridized carbons (Fsp3) is 0.333. The molecule has 8 nitrogen and oxygen atoms in total. The van der Waals surface area contributed by atoms with Crippen LogP contribution in [0.5, 0.6) is 0 Å². The highest BCUT2D eigenvalue weighted by Gasteiger charge is 2.27. The highest BCUT2D eigenvalue weighted by molar-refractivity contribution is 6.08. The van der Waals surface area contributed by atoms with E-state index in [9.17, 15) is 29.4 Å². The van der Waals surface area contributed by atoms with E-state index in [0.717, 1.165) is 6.07 Å². The van der Waals surface area contributed by atoms with Crippen LogP contribution in [0.1, 0.15) is 59.3 Å². The van der Waals surface area contributed by atoms with Crippen molar-refractivity contribution in [3.63, 3.8) is 0 Å². The molecule has 0 spiro atoms. The van der Waals surface area contributed by atoms with E-state index in [4.69, 9.17) is 0 Å². The van der Waals surface area contributed by atoms with Crippen molar-refractivity contribution in [2.75, 3.05) is 0 Å². The third-order valence-corrected chi connectivity index (χ3v) is 5.74. The van der Waals surface area contributed by atoms with E-state index in [1.54, 1.807) is 6.07 Å². The molecule has 0 unspecified atom stereocenters. The molecule has 0 aliphatic carbocycles. The van der Waals surface area contributed by atoms with Gasteiger partial charge in [0.2, 0.25) is 0 Å². The van der Waals surface area contributed by atoms with Gasteiger partial charge in [0.25, 0.3) is 0 Å². The highest BCUT2D eigenvalue weighted by Crippen LogP contribution is 2.35. The summed E-state index contributed by atoms with van der Waals surface area (Å²) in [5.74, 6) is -2.57. The molecular weight excluding hydrogens is 376 g/mol. The van der Waals surface area contributed by atoms with Gasteiger partial charge in [-0.2, -0.15) is 0 Å². The minimum atomic E-state index is -1.28. The number of aromatic carboxylic acids is 2. The lowest BCUT2D eigenvalue weighted by Gasteiger charge is -2.26. The molecule has 2 aromatic heterocycles. The zero-order valence-corrected chi connectivity index (χ0v) is 16.8. The number of pyridine rings is 2. The highest BCUT2D eigenvalue weighted by atomic mass is 16.4. The Bertz CT molecular complexity index is 1330. The quantitative estimate of drug-likeness (QED) is 0.580. The van der Waals surface area contributed by atoms with Crippen LogP contribution >= 0.6 is 0 Å². The number of aromatic nitrogens is 2. The first-order valence-corrected chi connectivity index (χ1v) is 9.12. The fourth-order valence-electron chi connectivity index (χ4n) is 3.75. The van der Waals surface area contributed by atoms with Crippen LogP contribution in [0.4, 0.5) is 0 Å². The predicted molar refractivity (Wildman–Crippen MR) is 109 cm³/mol. The molecule has 1 aromatic carbocycles. The molecule has 2 heterocycles. The Balaban J connectivity index is 2.77. The summed E-state index contributed by atoms with van der Waals surface area (Å²) in [4.78, 5) is 52.1. The summed E-state index contributed by atoms with van der Waals surface area (Å²) in [6.45, 7) is 7.26. The number of carboxylic acid groups (broad SMARTS) is 2. The Kier molecular flexibility index (Phi) is 4.61. The second kappa shape index (κ2) is 6.58. The average Bonchev–Trinajstić information content (AvgIpc) is 2.64. The molecule has 0 aliphatic heterocycles. The van der Waals surface area contributed by atoms with Gasteiger partial charge in [0.15, 0.2) is 10.9 Å². The van der Waals surface area contributed by atoms with E-state index < -0.39 is 28.2 Å². The van der Waals surface area contributed by atoms with E-state index in [1.165, 1.54) is 18.5 Å². The molecule has 0 saturated carbocycles. The summed E-state index contributed by atoms with van der Waals surface area (Å²) in [5.41, 5.74) is -0.855. The lowest BCUT2D eigenvalue weighted by atomic mass is 9.80. The second-order valence-electron chi connectivity index (χ2n) is 7.83. The number of hydrogen-bond acceptors (Lipinski definition) is 4. The van der Waals surface area contributed by atoms with Gasteiger partial charge in [-0.15, -0.1) is 0 Å². The number of nitrogens with one attached hydrogen (secondary N) is 1. The number of aryl methyl sites for hydroxylation is 1. The van der Waals surface area contributed by atoms with Gasteiger partial charge in [-0.05, 0) is 30.4 Å². The van der Waals surface area contributed by atoms with Crippen molar-refractivity contribution in [2.24, 2.45) is 7.05 Å². The number of benzene rings is 1. The van der Waals surface area contributed by atoms with Crippen LogP contribution in [0.2, 0.25) is 0 Å². The summed E-state index contributed by atoms with van der Waals surface area (Å²) < 4.78 is 1.31. The number of fused-ring (bicyclic) bond motifs is 3. The minimum absolute atomic E-state index is 0.0747. The standard InChI is InChI=1S/C21H22N2O6/c1-6-21(3,4)11-7-10-17(23(5)16(20(28)29)9(2)18(10)25)14-13(24)8-12(19(26)27)22-15(11)14/h7-8H,6H2,1-5H3,(H,22,24)(H,26,27)(H,28,29).